The molecule has 2 N–H and O–H groups in total. The molecule has 1 aromatic heterocycles. The number of carbonyl (C=O) groups is 4. The first-order chi connectivity index (χ1) is 13.3. The molecule has 3 amide bonds. The van der Waals surface area contributed by atoms with E-state index in [1.165, 1.54) is 18.4 Å². The predicted molar refractivity (Wildman–Crippen MR) is 99.4 cm³/mol. The van der Waals surface area contributed by atoms with Gasteiger partial charge in [-0.1, -0.05) is 31.5 Å². The second-order valence-electron chi connectivity index (χ2n) is 6.52. The molecule has 0 unspecified atom stereocenters. The number of nitrogens with one attached hydrogen (secondary N) is 2. The number of carbonyl (C=O) groups excluding carboxylic acids is 4. The Labute approximate surface area is 162 Å². The zero-order valence-corrected chi connectivity index (χ0v) is 15.9. The third-order valence-corrected chi connectivity index (χ3v) is 3.86. The van der Waals surface area contributed by atoms with Gasteiger partial charge in [0.05, 0.1) is 6.26 Å². The lowest BCUT2D eigenvalue weighted by molar-refractivity contribution is -0.151. The van der Waals surface area contributed by atoms with Gasteiger partial charge in [0.1, 0.15) is 6.04 Å². The Bertz CT molecular complexity index is 840. The van der Waals surface area contributed by atoms with E-state index in [9.17, 15) is 19.2 Å². The van der Waals surface area contributed by atoms with Gasteiger partial charge in [0.2, 0.25) is 0 Å². The summed E-state index contributed by atoms with van der Waals surface area (Å²) in [5, 5.41) is 4.65. The van der Waals surface area contributed by atoms with E-state index < -0.39 is 36.3 Å². The van der Waals surface area contributed by atoms with Crippen LogP contribution in [0.3, 0.4) is 0 Å². The number of hydrogen-bond donors (Lipinski definition) is 2. The van der Waals surface area contributed by atoms with Crippen LogP contribution in [0.1, 0.15) is 40.3 Å². The summed E-state index contributed by atoms with van der Waals surface area (Å²) in [5.41, 5.74) is 1.41. The van der Waals surface area contributed by atoms with E-state index >= 15 is 0 Å². The van der Waals surface area contributed by atoms with Gasteiger partial charge in [-0.25, -0.2) is 4.79 Å². The van der Waals surface area contributed by atoms with Crippen LogP contribution in [0.15, 0.2) is 47.1 Å². The second-order valence-corrected chi connectivity index (χ2v) is 6.52. The Hall–Kier alpha value is -3.42. The molecular weight excluding hydrogens is 364 g/mol. The Morgan fingerprint density at radius 2 is 1.71 bits per heavy atom. The highest BCUT2D eigenvalue weighted by Gasteiger charge is 2.27. The van der Waals surface area contributed by atoms with Crippen molar-refractivity contribution in [2.24, 2.45) is 5.92 Å². The van der Waals surface area contributed by atoms with E-state index in [0.717, 1.165) is 5.56 Å². The van der Waals surface area contributed by atoms with Crippen LogP contribution in [0.25, 0.3) is 0 Å². The van der Waals surface area contributed by atoms with Gasteiger partial charge in [-0.15, -0.1) is 0 Å². The van der Waals surface area contributed by atoms with Crippen LogP contribution in [-0.4, -0.2) is 36.3 Å². The van der Waals surface area contributed by atoms with E-state index in [2.05, 4.69) is 5.32 Å². The van der Waals surface area contributed by atoms with Crippen molar-refractivity contribution in [2.45, 2.75) is 26.8 Å². The van der Waals surface area contributed by atoms with E-state index in [0.29, 0.717) is 5.56 Å². The van der Waals surface area contributed by atoms with E-state index in [1.807, 2.05) is 12.2 Å². The first-order valence-electron chi connectivity index (χ1n) is 8.69. The van der Waals surface area contributed by atoms with Crippen molar-refractivity contribution in [3.63, 3.8) is 0 Å². The molecule has 0 spiro atoms. The molecule has 8 heteroatoms. The summed E-state index contributed by atoms with van der Waals surface area (Å²) in [5.74, 6) is -3.04. The summed E-state index contributed by atoms with van der Waals surface area (Å²) in [4.78, 5) is 48.1. The van der Waals surface area contributed by atoms with Crippen molar-refractivity contribution in [1.82, 2.24) is 10.6 Å². The van der Waals surface area contributed by atoms with Gasteiger partial charge >= 0.3 is 5.97 Å². The van der Waals surface area contributed by atoms with Gasteiger partial charge in [-0.05, 0) is 37.1 Å². The summed E-state index contributed by atoms with van der Waals surface area (Å²) in [6.07, 6.45) is 1.30. The lowest BCUT2D eigenvalue weighted by Crippen LogP contribution is -2.46. The van der Waals surface area contributed by atoms with Crippen molar-refractivity contribution in [2.75, 3.05) is 6.61 Å². The average Bonchev–Trinajstić information content (AvgIpc) is 3.19. The quantitative estimate of drug-likeness (QED) is 0.702. The molecule has 0 fully saturated rings. The Morgan fingerprint density at radius 1 is 1.04 bits per heavy atom. The molecule has 28 heavy (non-hydrogen) atoms. The molecule has 148 valence electrons. The summed E-state index contributed by atoms with van der Waals surface area (Å²) < 4.78 is 9.82. The maximum Gasteiger partial charge on any atom is 0.329 e. The summed E-state index contributed by atoms with van der Waals surface area (Å²) in [6, 6.07) is 8.84. The number of benzene rings is 1. The summed E-state index contributed by atoms with van der Waals surface area (Å²) in [6.45, 7) is 4.72. The third kappa shape index (κ3) is 5.80. The molecule has 2 aromatic rings. The zero-order chi connectivity index (χ0) is 20.7. The SMILES string of the molecule is Cc1ccc(C(=O)N[C@H](C(=O)OCC(=O)NC(=O)c2ccco2)C(C)C)cc1. The van der Waals surface area contributed by atoms with Gasteiger partial charge in [0, 0.05) is 5.56 Å². The molecule has 0 aliphatic rings. The van der Waals surface area contributed by atoms with Crippen LogP contribution in [0.4, 0.5) is 0 Å². The molecule has 0 bridgehead atoms. The highest BCUT2D eigenvalue weighted by atomic mass is 16.5. The molecule has 1 heterocycles. The minimum absolute atomic E-state index is 0.0369. The highest BCUT2D eigenvalue weighted by Crippen LogP contribution is 2.08. The number of hydrogen-bond acceptors (Lipinski definition) is 6. The molecule has 0 saturated heterocycles. The monoisotopic (exact) mass is 386 g/mol. The first-order valence-corrected chi connectivity index (χ1v) is 8.69. The van der Waals surface area contributed by atoms with Crippen molar-refractivity contribution >= 4 is 23.7 Å². The minimum atomic E-state index is -0.942. The van der Waals surface area contributed by atoms with Crippen LogP contribution in [0.5, 0.6) is 0 Å². The van der Waals surface area contributed by atoms with E-state index in [-0.39, 0.29) is 11.7 Å². The molecule has 0 radical (unpaired) electrons. The zero-order valence-electron chi connectivity index (χ0n) is 15.9. The predicted octanol–water partition coefficient (Wildman–Crippen LogP) is 1.84. The number of furan rings is 1. The lowest BCUT2D eigenvalue weighted by atomic mass is 10.0. The number of imide groups is 1. The molecule has 0 aliphatic heterocycles. The van der Waals surface area contributed by atoms with Crippen LogP contribution < -0.4 is 10.6 Å². The van der Waals surface area contributed by atoms with Gasteiger partial charge in [0.25, 0.3) is 17.7 Å². The number of rotatable bonds is 7. The summed E-state index contributed by atoms with van der Waals surface area (Å²) >= 11 is 0. The van der Waals surface area contributed by atoms with Crippen molar-refractivity contribution in [1.29, 1.82) is 0 Å². The smallest absolute Gasteiger partial charge is 0.329 e. The molecule has 0 aliphatic carbocycles. The van der Waals surface area contributed by atoms with Crippen LogP contribution in [-0.2, 0) is 14.3 Å². The molecule has 8 nitrogen and oxygen atoms in total. The largest absolute Gasteiger partial charge is 0.459 e. The Morgan fingerprint density at radius 3 is 2.29 bits per heavy atom. The van der Waals surface area contributed by atoms with Crippen LogP contribution >= 0.6 is 0 Å². The molecule has 1 atom stereocenters. The van der Waals surface area contributed by atoms with Gasteiger partial charge < -0.3 is 14.5 Å². The first kappa shape index (κ1) is 20.9. The molecule has 2 rings (SSSR count). The fourth-order valence-corrected chi connectivity index (χ4v) is 2.29. The van der Waals surface area contributed by atoms with Gasteiger partial charge in [-0.3, -0.25) is 19.7 Å². The van der Waals surface area contributed by atoms with Gasteiger partial charge in [-0.2, -0.15) is 0 Å². The maximum absolute atomic E-state index is 12.3. The number of esters is 1. The lowest BCUT2D eigenvalue weighted by Gasteiger charge is -2.20. The fraction of sp³-hybridized carbons (Fsp3) is 0.300. The van der Waals surface area contributed by atoms with Crippen molar-refractivity contribution in [3.8, 4) is 0 Å². The third-order valence-electron chi connectivity index (χ3n) is 3.86. The number of aryl methyl sites for hydroxylation is 1. The fourth-order valence-electron chi connectivity index (χ4n) is 2.29. The van der Waals surface area contributed by atoms with Crippen molar-refractivity contribution in [3.05, 3.63) is 59.5 Å². The average molecular weight is 386 g/mol. The molecular formula is C20H22N2O6. The van der Waals surface area contributed by atoms with E-state index in [1.54, 1.807) is 38.1 Å². The highest BCUT2D eigenvalue weighted by molar-refractivity contribution is 6.04. The van der Waals surface area contributed by atoms with Crippen LogP contribution in [0.2, 0.25) is 0 Å². The molecule has 1 aromatic carbocycles. The van der Waals surface area contributed by atoms with E-state index in [4.69, 9.17) is 9.15 Å². The van der Waals surface area contributed by atoms with Crippen LogP contribution in [0, 0.1) is 12.8 Å². The Kier molecular flexibility index (Phi) is 7.08. The topological polar surface area (TPSA) is 115 Å². The van der Waals surface area contributed by atoms with Gasteiger partial charge in [0.15, 0.2) is 12.4 Å². The normalized spacial score (nSPS) is 11.6. The minimum Gasteiger partial charge on any atom is -0.459 e. The Balaban J connectivity index is 1.89. The second kappa shape index (κ2) is 9.50. The standard InChI is InChI=1S/C20H22N2O6/c1-12(2)17(22-18(24)14-8-6-13(3)7-9-14)20(26)28-11-16(23)21-19(25)15-5-4-10-27-15/h4-10,12,17H,11H2,1-3H3,(H,22,24)(H,21,23,25)/t17-/m0/s1. The number of ether oxygens (including phenoxy) is 1. The number of amides is 3. The van der Waals surface area contributed by atoms with Crippen molar-refractivity contribution < 1.29 is 28.3 Å². The maximum atomic E-state index is 12.3. The summed E-state index contributed by atoms with van der Waals surface area (Å²) in [7, 11) is 0. The molecule has 0 saturated carbocycles.